The number of nitrogens with zero attached hydrogens (tertiary/aromatic N) is 1. The van der Waals surface area contributed by atoms with Crippen LogP contribution in [0.3, 0.4) is 0 Å². The van der Waals surface area contributed by atoms with Gasteiger partial charge in [-0.2, -0.15) is 0 Å². The molecular weight excluding hydrogens is 250 g/mol. The van der Waals surface area contributed by atoms with Crippen molar-refractivity contribution in [3.05, 3.63) is 39.3 Å². The van der Waals surface area contributed by atoms with Gasteiger partial charge >= 0.3 is 0 Å². The first-order valence-corrected chi connectivity index (χ1v) is 6.95. The number of benzene rings is 1. The molecule has 0 bridgehead atoms. The van der Waals surface area contributed by atoms with E-state index in [1.165, 1.54) is 35.3 Å². The summed E-state index contributed by atoms with van der Waals surface area (Å²) < 4.78 is 0.719. The lowest BCUT2D eigenvalue weighted by Crippen LogP contribution is -2.17. The fourth-order valence-corrected chi connectivity index (χ4v) is 3.19. The van der Waals surface area contributed by atoms with Gasteiger partial charge in [-0.25, -0.2) is 0 Å². The molecule has 5 heteroatoms. The summed E-state index contributed by atoms with van der Waals surface area (Å²) >= 11 is 6.53. The Morgan fingerprint density at radius 2 is 2.29 bits per heavy atom. The van der Waals surface area contributed by atoms with Crippen molar-refractivity contribution in [1.29, 1.82) is 0 Å². The fourth-order valence-electron chi connectivity index (χ4n) is 2.34. The minimum Gasteiger partial charge on any atom is -0.353 e. The lowest BCUT2D eigenvalue weighted by atomic mass is 9.88. The number of aryl methyl sites for hydroxylation is 1. The van der Waals surface area contributed by atoms with Crippen LogP contribution in [0.25, 0.3) is 0 Å². The Hall–Kier alpha value is -1.20. The van der Waals surface area contributed by atoms with Gasteiger partial charge in [0, 0.05) is 0 Å². The quantitative estimate of drug-likeness (QED) is 0.812. The van der Waals surface area contributed by atoms with Crippen LogP contribution in [0, 0.1) is 3.95 Å². The third-order valence-corrected chi connectivity index (χ3v) is 4.13. The number of aromatic amines is 1. The molecule has 0 radical (unpaired) electrons. The van der Waals surface area contributed by atoms with E-state index in [0.717, 1.165) is 15.5 Å². The molecule has 2 aromatic rings. The van der Waals surface area contributed by atoms with Crippen molar-refractivity contribution in [1.82, 2.24) is 10.2 Å². The summed E-state index contributed by atoms with van der Waals surface area (Å²) in [6.45, 7) is 0. The van der Waals surface area contributed by atoms with E-state index >= 15 is 0 Å². The van der Waals surface area contributed by atoms with Crippen molar-refractivity contribution in [3.63, 3.8) is 0 Å². The molecule has 17 heavy (non-hydrogen) atoms. The molecule has 0 fully saturated rings. The Bertz CT molecular complexity index is 573. The zero-order chi connectivity index (χ0) is 11.7. The van der Waals surface area contributed by atoms with Crippen LogP contribution in [0.2, 0.25) is 0 Å². The molecule has 1 aliphatic rings. The van der Waals surface area contributed by atoms with E-state index < -0.39 is 0 Å². The molecule has 1 unspecified atom stereocenters. The second kappa shape index (κ2) is 4.58. The maximum absolute atomic E-state index is 5.04. The zero-order valence-corrected chi connectivity index (χ0v) is 10.9. The molecule has 1 aromatic heterocycles. The number of H-pyrrole nitrogens is 1. The first-order valence-electron chi connectivity index (χ1n) is 5.73. The molecule has 88 valence electrons. The van der Waals surface area contributed by atoms with E-state index in [1.807, 2.05) is 0 Å². The van der Waals surface area contributed by atoms with Crippen LogP contribution in [0.5, 0.6) is 0 Å². The van der Waals surface area contributed by atoms with Gasteiger partial charge in [0.15, 0.2) is 3.95 Å². The largest absolute Gasteiger partial charge is 0.353 e. The summed E-state index contributed by atoms with van der Waals surface area (Å²) in [7, 11) is 0. The summed E-state index contributed by atoms with van der Waals surface area (Å²) in [5, 5.41) is 11.3. The molecule has 0 aliphatic heterocycles. The Labute approximate surface area is 109 Å². The van der Waals surface area contributed by atoms with Crippen molar-refractivity contribution in [2.24, 2.45) is 0 Å². The van der Waals surface area contributed by atoms with Gasteiger partial charge in [-0.15, -0.1) is 5.10 Å². The predicted molar refractivity (Wildman–Crippen MR) is 73.0 cm³/mol. The normalized spacial score (nSPS) is 18.7. The number of aromatic nitrogens is 2. The SMILES string of the molecule is S=c1[nH]nc(NC2CCCc3ccccc32)s1. The van der Waals surface area contributed by atoms with E-state index in [0.29, 0.717) is 6.04 Å². The first kappa shape index (κ1) is 10.9. The monoisotopic (exact) mass is 263 g/mol. The Balaban J connectivity index is 1.88. The molecule has 0 saturated heterocycles. The maximum Gasteiger partial charge on any atom is 0.204 e. The van der Waals surface area contributed by atoms with Crippen molar-refractivity contribution in [3.8, 4) is 0 Å². The second-order valence-electron chi connectivity index (χ2n) is 4.21. The summed E-state index contributed by atoms with van der Waals surface area (Å²) in [5.74, 6) is 0. The standard InChI is InChI=1S/C12H13N3S2/c16-12-15-14-11(17-12)13-10-7-3-5-8-4-1-2-6-9(8)10/h1-2,4,6,10H,3,5,7H2,(H,13,14)(H,15,16). The Kier molecular flexibility index (Phi) is 2.94. The molecule has 0 amide bonds. The number of hydrogen-bond acceptors (Lipinski definition) is 4. The van der Waals surface area contributed by atoms with Crippen LogP contribution in [0.1, 0.15) is 30.0 Å². The number of anilines is 1. The molecule has 0 spiro atoms. The molecule has 1 atom stereocenters. The smallest absolute Gasteiger partial charge is 0.204 e. The number of nitrogens with one attached hydrogen (secondary N) is 2. The summed E-state index contributed by atoms with van der Waals surface area (Å²) in [6.07, 6.45) is 3.57. The van der Waals surface area contributed by atoms with Gasteiger partial charge in [-0.05, 0) is 42.6 Å². The van der Waals surface area contributed by atoms with Crippen molar-refractivity contribution < 1.29 is 0 Å². The zero-order valence-electron chi connectivity index (χ0n) is 9.27. The first-order chi connectivity index (χ1) is 8.33. The number of rotatable bonds is 2. The maximum atomic E-state index is 5.04. The van der Waals surface area contributed by atoms with Gasteiger partial charge in [0.05, 0.1) is 6.04 Å². The van der Waals surface area contributed by atoms with E-state index in [9.17, 15) is 0 Å². The highest BCUT2D eigenvalue weighted by molar-refractivity contribution is 7.73. The lowest BCUT2D eigenvalue weighted by molar-refractivity contribution is 0.599. The van der Waals surface area contributed by atoms with E-state index in [-0.39, 0.29) is 0 Å². The highest BCUT2D eigenvalue weighted by Gasteiger charge is 2.20. The Morgan fingerprint density at radius 1 is 1.41 bits per heavy atom. The molecule has 1 heterocycles. The number of fused-ring (bicyclic) bond motifs is 1. The molecule has 1 aromatic carbocycles. The van der Waals surface area contributed by atoms with Crippen LogP contribution < -0.4 is 5.32 Å². The highest BCUT2D eigenvalue weighted by atomic mass is 32.1. The van der Waals surface area contributed by atoms with Gasteiger partial charge in [0.1, 0.15) is 0 Å². The van der Waals surface area contributed by atoms with Crippen LogP contribution in [-0.2, 0) is 6.42 Å². The molecular formula is C12H13N3S2. The fraction of sp³-hybridized carbons (Fsp3) is 0.333. The third kappa shape index (κ3) is 2.25. The molecule has 0 saturated carbocycles. The number of hydrogen-bond donors (Lipinski definition) is 2. The molecule has 1 aliphatic carbocycles. The Morgan fingerprint density at radius 3 is 3.12 bits per heavy atom. The van der Waals surface area contributed by atoms with Gasteiger partial charge < -0.3 is 5.32 Å². The van der Waals surface area contributed by atoms with Gasteiger partial charge in [0.25, 0.3) is 0 Å². The van der Waals surface area contributed by atoms with E-state index in [4.69, 9.17) is 12.2 Å². The van der Waals surface area contributed by atoms with Crippen LogP contribution >= 0.6 is 23.6 Å². The van der Waals surface area contributed by atoms with Gasteiger partial charge in [-0.1, -0.05) is 35.6 Å². The predicted octanol–water partition coefficient (Wildman–Crippen LogP) is 3.69. The average molecular weight is 263 g/mol. The summed E-state index contributed by atoms with van der Waals surface area (Å²) in [4.78, 5) is 0. The van der Waals surface area contributed by atoms with E-state index in [2.05, 4.69) is 39.8 Å². The van der Waals surface area contributed by atoms with Gasteiger partial charge in [-0.3, -0.25) is 5.10 Å². The molecule has 3 nitrogen and oxygen atoms in total. The molecule has 3 rings (SSSR count). The van der Waals surface area contributed by atoms with Crippen LogP contribution in [-0.4, -0.2) is 10.2 Å². The second-order valence-corrected chi connectivity index (χ2v) is 5.87. The molecule has 2 N–H and O–H groups in total. The van der Waals surface area contributed by atoms with Crippen molar-refractivity contribution in [2.45, 2.75) is 25.3 Å². The van der Waals surface area contributed by atoms with Crippen molar-refractivity contribution in [2.75, 3.05) is 5.32 Å². The van der Waals surface area contributed by atoms with E-state index in [1.54, 1.807) is 0 Å². The average Bonchev–Trinajstić information content (AvgIpc) is 2.75. The van der Waals surface area contributed by atoms with Crippen LogP contribution in [0.15, 0.2) is 24.3 Å². The third-order valence-electron chi connectivity index (χ3n) is 3.11. The minimum absolute atomic E-state index is 0.369. The highest BCUT2D eigenvalue weighted by Crippen LogP contribution is 2.32. The van der Waals surface area contributed by atoms with Crippen LogP contribution in [0.4, 0.5) is 5.13 Å². The summed E-state index contributed by atoms with van der Waals surface area (Å²) in [6, 6.07) is 9.01. The lowest BCUT2D eigenvalue weighted by Gasteiger charge is -2.25. The van der Waals surface area contributed by atoms with Gasteiger partial charge in [0.2, 0.25) is 5.13 Å². The van der Waals surface area contributed by atoms with Crippen molar-refractivity contribution >= 4 is 28.7 Å². The summed E-state index contributed by atoms with van der Waals surface area (Å²) in [5.41, 5.74) is 2.86. The topological polar surface area (TPSA) is 40.7 Å². The minimum atomic E-state index is 0.369.